The summed E-state index contributed by atoms with van der Waals surface area (Å²) in [5.74, 6) is 0. The standard InChI is InChI=1S/C31H22/c1-2-10-21(11-3-1)22-18-19-26-25-14-6-9-17-29(25)31(30(26)20-22)27-15-7-4-12-23(27)24-13-5-8-16-28(24)31/h1-4,6-12,14-20H,5,13H2. The summed E-state index contributed by atoms with van der Waals surface area (Å²) in [5.41, 5.74) is 13.9. The van der Waals surface area contributed by atoms with Crippen molar-refractivity contribution < 1.29 is 0 Å². The average molecular weight is 395 g/mol. The van der Waals surface area contributed by atoms with Crippen molar-refractivity contribution in [3.63, 3.8) is 0 Å². The van der Waals surface area contributed by atoms with Gasteiger partial charge in [0.05, 0.1) is 5.41 Å². The maximum atomic E-state index is 2.46. The second-order valence-corrected chi connectivity index (χ2v) is 8.80. The van der Waals surface area contributed by atoms with Gasteiger partial charge >= 0.3 is 0 Å². The molecule has 31 heavy (non-hydrogen) atoms. The van der Waals surface area contributed by atoms with Gasteiger partial charge in [-0.05, 0) is 74.6 Å². The van der Waals surface area contributed by atoms with E-state index in [1.54, 1.807) is 0 Å². The van der Waals surface area contributed by atoms with E-state index in [0.717, 1.165) is 12.8 Å². The number of rotatable bonds is 1. The first-order chi connectivity index (χ1) is 15.4. The summed E-state index contributed by atoms with van der Waals surface area (Å²) in [6.45, 7) is 0. The van der Waals surface area contributed by atoms with Crippen LogP contribution >= 0.6 is 0 Å². The van der Waals surface area contributed by atoms with Gasteiger partial charge in [-0.25, -0.2) is 0 Å². The third-order valence-corrected chi connectivity index (χ3v) is 7.38. The van der Waals surface area contributed by atoms with E-state index in [0.29, 0.717) is 0 Å². The van der Waals surface area contributed by atoms with E-state index in [1.165, 1.54) is 55.7 Å². The van der Waals surface area contributed by atoms with Crippen molar-refractivity contribution in [3.05, 3.63) is 137 Å². The van der Waals surface area contributed by atoms with Crippen LogP contribution in [-0.4, -0.2) is 0 Å². The van der Waals surface area contributed by atoms with Gasteiger partial charge in [0.25, 0.3) is 0 Å². The van der Waals surface area contributed by atoms with Crippen LogP contribution in [0.1, 0.15) is 35.1 Å². The Labute approximate surface area is 183 Å². The molecule has 0 heterocycles. The Morgan fingerprint density at radius 1 is 0.548 bits per heavy atom. The summed E-state index contributed by atoms with van der Waals surface area (Å²) in [5, 5.41) is 0. The minimum absolute atomic E-state index is 0.209. The molecule has 0 aliphatic heterocycles. The zero-order valence-electron chi connectivity index (χ0n) is 17.3. The number of fused-ring (bicyclic) bond motifs is 9. The van der Waals surface area contributed by atoms with E-state index in [2.05, 4.69) is 109 Å². The van der Waals surface area contributed by atoms with E-state index < -0.39 is 0 Å². The fourth-order valence-electron chi connectivity index (χ4n) is 6.18. The van der Waals surface area contributed by atoms with Crippen LogP contribution in [0.3, 0.4) is 0 Å². The van der Waals surface area contributed by atoms with Gasteiger partial charge in [-0.1, -0.05) is 103 Å². The van der Waals surface area contributed by atoms with Crippen LogP contribution in [0.5, 0.6) is 0 Å². The number of allylic oxidation sites excluding steroid dienone is 4. The zero-order chi connectivity index (χ0) is 20.4. The number of hydrogen-bond acceptors (Lipinski definition) is 0. The topological polar surface area (TPSA) is 0 Å². The first-order valence-corrected chi connectivity index (χ1v) is 11.2. The molecule has 0 radical (unpaired) electrons. The third kappa shape index (κ3) is 2.10. The van der Waals surface area contributed by atoms with Crippen LogP contribution in [0.25, 0.3) is 27.8 Å². The molecule has 3 aliphatic carbocycles. The molecule has 1 unspecified atom stereocenters. The Bertz CT molecular complexity index is 1420. The van der Waals surface area contributed by atoms with Crippen molar-refractivity contribution in [2.45, 2.75) is 18.3 Å². The highest BCUT2D eigenvalue weighted by Crippen LogP contribution is 2.63. The predicted octanol–water partition coefficient (Wildman–Crippen LogP) is 7.79. The average Bonchev–Trinajstić information content (AvgIpc) is 3.32. The van der Waals surface area contributed by atoms with Gasteiger partial charge in [0, 0.05) is 0 Å². The fourth-order valence-corrected chi connectivity index (χ4v) is 6.18. The monoisotopic (exact) mass is 394 g/mol. The molecule has 0 bridgehead atoms. The van der Waals surface area contributed by atoms with Gasteiger partial charge in [0.2, 0.25) is 0 Å². The Morgan fingerprint density at radius 2 is 1.23 bits per heavy atom. The van der Waals surface area contributed by atoms with Crippen molar-refractivity contribution >= 4 is 5.57 Å². The molecule has 1 spiro atoms. The lowest BCUT2D eigenvalue weighted by molar-refractivity contribution is 0.781. The Balaban J connectivity index is 1.62. The fraction of sp³-hybridized carbons (Fsp3) is 0.0968. The van der Waals surface area contributed by atoms with Gasteiger partial charge in [-0.3, -0.25) is 0 Å². The first kappa shape index (κ1) is 17.1. The Morgan fingerprint density at radius 3 is 2.06 bits per heavy atom. The summed E-state index contributed by atoms with van der Waals surface area (Å²) in [6.07, 6.45) is 7.04. The van der Waals surface area contributed by atoms with Crippen molar-refractivity contribution in [2.75, 3.05) is 0 Å². The molecule has 0 amide bonds. The molecule has 4 aromatic rings. The molecule has 4 aromatic carbocycles. The van der Waals surface area contributed by atoms with Crippen molar-refractivity contribution in [1.29, 1.82) is 0 Å². The lowest BCUT2D eigenvalue weighted by Gasteiger charge is -2.32. The van der Waals surface area contributed by atoms with Crippen LogP contribution < -0.4 is 0 Å². The molecule has 3 aliphatic rings. The molecule has 0 fully saturated rings. The van der Waals surface area contributed by atoms with Crippen molar-refractivity contribution in [2.24, 2.45) is 0 Å². The van der Waals surface area contributed by atoms with E-state index >= 15 is 0 Å². The molecular formula is C31H22. The van der Waals surface area contributed by atoms with Gasteiger partial charge in [-0.15, -0.1) is 0 Å². The lowest BCUT2D eigenvalue weighted by atomic mass is 9.69. The molecule has 0 nitrogen and oxygen atoms in total. The molecule has 0 aromatic heterocycles. The van der Waals surface area contributed by atoms with Crippen molar-refractivity contribution in [3.8, 4) is 22.3 Å². The molecule has 1 atom stereocenters. The second-order valence-electron chi connectivity index (χ2n) is 8.80. The Hall–Kier alpha value is -3.64. The van der Waals surface area contributed by atoms with Gasteiger partial charge in [0.1, 0.15) is 0 Å². The molecule has 0 heteroatoms. The van der Waals surface area contributed by atoms with Crippen LogP contribution in [0.2, 0.25) is 0 Å². The molecule has 7 rings (SSSR count). The number of hydrogen-bond donors (Lipinski definition) is 0. The minimum Gasteiger partial charge on any atom is -0.0839 e. The highest BCUT2D eigenvalue weighted by Gasteiger charge is 2.52. The van der Waals surface area contributed by atoms with Crippen LogP contribution in [0.4, 0.5) is 0 Å². The van der Waals surface area contributed by atoms with Crippen LogP contribution in [0, 0.1) is 0 Å². The van der Waals surface area contributed by atoms with Crippen LogP contribution in [0.15, 0.2) is 115 Å². The summed E-state index contributed by atoms with van der Waals surface area (Å²) in [6, 6.07) is 36.0. The van der Waals surface area contributed by atoms with Gasteiger partial charge in [0.15, 0.2) is 0 Å². The molecule has 0 N–H and O–H groups in total. The summed E-state index contributed by atoms with van der Waals surface area (Å²) >= 11 is 0. The molecule has 0 saturated heterocycles. The SMILES string of the molecule is C1=CC2=C(CC1)c1ccccc1C21c2ccccc2-c2ccc(-c3ccccc3)cc21. The second kappa shape index (κ2) is 6.18. The van der Waals surface area contributed by atoms with E-state index in [1.807, 2.05) is 0 Å². The lowest BCUT2D eigenvalue weighted by Crippen LogP contribution is -2.27. The predicted molar refractivity (Wildman–Crippen MR) is 129 cm³/mol. The smallest absolute Gasteiger partial charge is 0.0722 e. The highest BCUT2D eigenvalue weighted by atomic mass is 14.5. The zero-order valence-corrected chi connectivity index (χ0v) is 17.3. The maximum Gasteiger partial charge on any atom is 0.0722 e. The van der Waals surface area contributed by atoms with Gasteiger partial charge < -0.3 is 0 Å². The first-order valence-electron chi connectivity index (χ1n) is 11.2. The Kier molecular flexibility index (Phi) is 3.41. The molecular weight excluding hydrogens is 372 g/mol. The van der Waals surface area contributed by atoms with E-state index in [-0.39, 0.29) is 5.41 Å². The quantitative estimate of drug-likeness (QED) is 0.309. The van der Waals surface area contributed by atoms with Crippen molar-refractivity contribution in [1.82, 2.24) is 0 Å². The summed E-state index contributed by atoms with van der Waals surface area (Å²) in [4.78, 5) is 0. The highest BCUT2D eigenvalue weighted by molar-refractivity contribution is 5.96. The number of benzene rings is 4. The largest absolute Gasteiger partial charge is 0.0839 e. The molecule has 146 valence electrons. The minimum atomic E-state index is -0.209. The summed E-state index contributed by atoms with van der Waals surface area (Å²) in [7, 11) is 0. The van der Waals surface area contributed by atoms with E-state index in [9.17, 15) is 0 Å². The molecule has 0 saturated carbocycles. The van der Waals surface area contributed by atoms with Crippen LogP contribution in [-0.2, 0) is 5.41 Å². The van der Waals surface area contributed by atoms with E-state index in [4.69, 9.17) is 0 Å². The third-order valence-electron chi connectivity index (χ3n) is 7.38. The van der Waals surface area contributed by atoms with Gasteiger partial charge in [-0.2, -0.15) is 0 Å². The normalized spacial score (nSPS) is 19.9. The summed E-state index contributed by atoms with van der Waals surface area (Å²) < 4.78 is 0. The maximum absolute atomic E-state index is 2.46.